The summed E-state index contributed by atoms with van der Waals surface area (Å²) in [6.45, 7) is 2.10. The van der Waals surface area contributed by atoms with Crippen LogP contribution in [0.1, 0.15) is 36.1 Å². The molecule has 2 aliphatic heterocycles. The summed E-state index contributed by atoms with van der Waals surface area (Å²) in [5.41, 5.74) is 1.26. The number of hydrogen-bond acceptors (Lipinski definition) is 3. The second-order valence-corrected chi connectivity index (χ2v) is 4.99. The molecule has 0 aromatic carbocycles. The number of rotatable bonds is 1. The normalized spacial score (nSPS) is 24.3. The van der Waals surface area contributed by atoms with E-state index < -0.39 is 12.0 Å². The molecular weight excluding hydrogens is 259 g/mol. The van der Waals surface area contributed by atoms with Gasteiger partial charge in [0.1, 0.15) is 0 Å². The highest BCUT2D eigenvalue weighted by Gasteiger charge is 2.41. The van der Waals surface area contributed by atoms with Crippen molar-refractivity contribution in [3.8, 4) is 0 Å². The summed E-state index contributed by atoms with van der Waals surface area (Å²) in [4.78, 5) is 3.82. The van der Waals surface area contributed by atoms with Gasteiger partial charge < -0.3 is 14.6 Å². The van der Waals surface area contributed by atoms with Gasteiger partial charge in [0, 0.05) is 31.8 Å². The number of ether oxygens (including phenoxy) is 1. The summed E-state index contributed by atoms with van der Waals surface area (Å²) >= 11 is 0. The maximum atomic E-state index is 13.1. The van der Waals surface area contributed by atoms with Crippen molar-refractivity contribution in [3.05, 3.63) is 17.2 Å². The molecule has 0 bridgehead atoms. The van der Waals surface area contributed by atoms with Crippen molar-refractivity contribution in [3.63, 3.8) is 0 Å². The third-order valence-electron chi connectivity index (χ3n) is 3.68. The van der Waals surface area contributed by atoms with Gasteiger partial charge in [-0.2, -0.15) is 13.2 Å². The fraction of sp³-hybridized carbons (Fsp3) is 0.750. The highest BCUT2D eigenvalue weighted by Crippen LogP contribution is 2.35. The van der Waals surface area contributed by atoms with Crippen LogP contribution in [0, 0.1) is 0 Å². The number of aromatic nitrogens is 2. The molecule has 1 saturated heterocycles. The van der Waals surface area contributed by atoms with Crippen LogP contribution in [-0.4, -0.2) is 29.3 Å². The Bertz CT molecular complexity index is 464. The van der Waals surface area contributed by atoms with Crippen LogP contribution in [0.3, 0.4) is 0 Å². The molecule has 1 atom stereocenters. The Morgan fingerprint density at radius 2 is 2.21 bits per heavy atom. The maximum Gasteiger partial charge on any atom is 0.449 e. The Kier molecular flexibility index (Phi) is 3.26. The summed E-state index contributed by atoms with van der Waals surface area (Å²) in [5, 5.41) is 3.06. The average molecular weight is 275 g/mol. The van der Waals surface area contributed by atoms with Crippen molar-refractivity contribution in [1.29, 1.82) is 0 Å². The van der Waals surface area contributed by atoms with Gasteiger partial charge in [0.2, 0.25) is 5.82 Å². The smallest absolute Gasteiger partial charge is 0.379 e. The molecule has 2 aliphatic rings. The molecular formula is C12H16F3N3O. The van der Waals surface area contributed by atoms with Crippen LogP contribution in [0.4, 0.5) is 13.2 Å². The predicted octanol–water partition coefficient (Wildman–Crippen LogP) is 1.90. The summed E-state index contributed by atoms with van der Waals surface area (Å²) < 4.78 is 46.2. The molecule has 4 nitrogen and oxygen atoms in total. The SMILES string of the molecule is FC(F)(F)c1nc2c(n1C1CCCOC1)CCNC2. The van der Waals surface area contributed by atoms with Crippen molar-refractivity contribution >= 4 is 0 Å². The lowest BCUT2D eigenvalue weighted by molar-refractivity contribution is -0.149. The van der Waals surface area contributed by atoms with Crippen LogP contribution in [0.15, 0.2) is 0 Å². The van der Waals surface area contributed by atoms with Crippen molar-refractivity contribution in [2.24, 2.45) is 0 Å². The zero-order valence-corrected chi connectivity index (χ0v) is 10.5. The van der Waals surface area contributed by atoms with Gasteiger partial charge in [0.25, 0.3) is 0 Å². The third kappa shape index (κ3) is 2.36. The number of halogens is 3. The molecule has 0 saturated carbocycles. The number of fused-ring (bicyclic) bond motifs is 1. The van der Waals surface area contributed by atoms with Gasteiger partial charge in [-0.25, -0.2) is 4.98 Å². The summed E-state index contributed by atoms with van der Waals surface area (Å²) in [7, 11) is 0. The standard InChI is InChI=1S/C12H16F3N3O/c13-12(14,15)11-17-9-6-16-4-3-10(9)18(11)8-2-1-5-19-7-8/h8,16H,1-7H2. The van der Waals surface area contributed by atoms with Crippen molar-refractivity contribution in [2.75, 3.05) is 19.8 Å². The highest BCUT2D eigenvalue weighted by atomic mass is 19.4. The lowest BCUT2D eigenvalue weighted by atomic mass is 10.1. The minimum absolute atomic E-state index is 0.236. The molecule has 7 heteroatoms. The van der Waals surface area contributed by atoms with Crippen LogP contribution in [-0.2, 0) is 23.9 Å². The lowest BCUT2D eigenvalue weighted by Gasteiger charge is -2.28. The van der Waals surface area contributed by atoms with Crippen LogP contribution < -0.4 is 5.32 Å². The molecule has 1 unspecified atom stereocenters. The number of nitrogens with zero attached hydrogens (tertiary/aromatic N) is 2. The molecule has 106 valence electrons. The average Bonchev–Trinajstić information content (AvgIpc) is 2.79. The Hall–Kier alpha value is -1.08. The van der Waals surface area contributed by atoms with Crippen LogP contribution >= 0.6 is 0 Å². The Balaban J connectivity index is 2.05. The zero-order valence-electron chi connectivity index (χ0n) is 10.5. The summed E-state index contributed by atoms with van der Waals surface area (Å²) in [5.74, 6) is -0.767. The van der Waals surface area contributed by atoms with E-state index in [0.29, 0.717) is 38.4 Å². The number of hydrogen-bond donors (Lipinski definition) is 1. The number of nitrogens with one attached hydrogen (secondary N) is 1. The van der Waals surface area contributed by atoms with E-state index in [1.54, 1.807) is 0 Å². The Morgan fingerprint density at radius 1 is 1.37 bits per heavy atom. The van der Waals surface area contributed by atoms with E-state index in [-0.39, 0.29) is 6.04 Å². The van der Waals surface area contributed by atoms with E-state index in [0.717, 1.165) is 18.5 Å². The maximum absolute atomic E-state index is 13.1. The second kappa shape index (κ2) is 4.79. The van der Waals surface area contributed by atoms with Gasteiger partial charge in [-0.1, -0.05) is 0 Å². The monoisotopic (exact) mass is 275 g/mol. The van der Waals surface area contributed by atoms with E-state index in [1.807, 2.05) is 0 Å². The van der Waals surface area contributed by atoms with Gasteiger partial charge in [-0.15, -0.1) is 0 Å². The van der Waals surface area contributed by atoms with E-state index in [9.17, 15) is 13.2 Å². The van der Waals surface area contributed by atoms with Crippen molar-refractivity contribution in [2.45, 2.75) is 38.0 Å². The lowest BCUT2D eigenvalue weighted by Crippen LogP contribution is -2.30. The quantitative estimate of drug-likeness (QED) is 0.851. The van der Waals surface area contributed by atoms with E-state index in [2.05, 4.69) is 10.3 Å². The number of alkyl halides is 3. The molecule has 1 aromatic rings. The summed E-state index contributed by atoms with van der Waals surface area (Å²) in [6, 6.07) is -0.236. The first-order valence-electron chi connectivity index (χ1n) is 6.53. The van der Waals surface area contributed by atoms with E-state index in [1.165, 1.54) is 4.57 Å². The second-order valence-electron chi connectivity index (χ2n) is 4.99. The topological polar surface area (TPSA) is 39.1 Å². The van der Waals surface area contributed by atoms with Gasteiger partial charge in [0.05, 0.1) is 18.3 Å². The molecule has 1 aromatic heterocycles. The van der Waals surface area contributed by atoms with Crippen LogP contribution in [0.5, 0.6) is 0 Å². The van der Waals surface area contributed by atoms with E-state index in [4.69, 9.17) is 4.74 Å². The molecule has 3 heterocycles. The molecule has 1 fully saturated rings. The molecule has 0 spiro atoms. The molecule has 19 heavy (non-hydrogen) atoms. The van der Waals surface area contributed by atoms with Crippen molar-refractivity contribution < 1.29 is 17.9 Å². The van der Waals surface area contributed by atoms with E-state index >= 15 is 0 Å². The first-order chi connectivity index (χ1) is 9.07. The van der Waals surface area contributed by atoms with Gasteiger partial charge >= 0.3 is 6.18 Å². The number of imidazole rings is 1. The molecule has 0 aliphatic carbocycles. The third-order valence-corrected chi connectivity index (χ3v) is 3.68. The fourth-order valence-corrected chi connectivity index (χ4v) is 2.85. The minimum atomic E-state index is -4.41. The Labute approximate surface area is 109 Å². The first kappa shape index (κ1) is 12.9. The first-order valence-corrected chi connectivity index (χ1v) is 6.53. The molecule has 0 amide bonds. The summed E-state index contributed by atoms with van der Waals surface area (Å²) in [6.07, 6.45) is -2.30. The van der Waals surface area contributed by atoms with Gasteiger partial charge in [-0.05, 0) is 12.8 Å². The molecule has 1 N–H and O–H groups in total. The van der Waals surface area contributed by atoms with Crippen LogP contribution in [0.25, 0.3) is 0 Å². The van der Waals surface area contributed by atoms with Crippen LogP contribution in [0.2, 0.25) is 0 Å². The Morgan fingerprint density at radius 3 is 2.89 bits per heavy atom. The molecule has 0 radical (unpaired) electrons. The van der Waals surface area contributed by atoms with Gasteiger partial charge in [-0.3, -0.25) is 0 Å². The fourth-order valence-electron chi connectivity index (χ4n) is 2.85. The highest BCUT2D eigenvalue weighted by molar-refractivity contribution is 5.23. The molecule has 3 rings (SSSR count). The zero-order chi connectivity index (χ0) is 13.5. The largest absolute Gasteiger partial charge is 0.449 e. The minimum Gasteiger partial charge on any atom is -0.379 e. The van der Waals surface area contributed by atoms with Crippen molar-refractivity contribution in [1.82, 2.24) is 14.9 Å². The predicted molar refractivity (Wildman–Crippen MR) is 61.7 cm³/mol. The van der Waals surface area contributed by atoms with Gasteiger partial charge in [0.15, 0.2) is 0 Å².